The number of piperidine rings is 1. The molecule has 0 spiro atoms. The van der Waals surface area contributed by atoms with Crippen LogP contribution in [0, 0.1) is 0 Å². The number of nitrogens with two attached hydrogens (primary N) is 1. The number of allylic oxidation sites excluding steroid dienone is 1. The second-order valence-corrected chi connectivity index (χ2v) is 10.5. The van der Waals surface area contributed by atoms with Gasteiger partial charge in [-0.3, -0.25) is 14.5 Å². The van der Waals surface area contributed by atoms with Gasteiger partial charge in [-0.2, -0.15) is 13.2 Å². The number of amides is 2. The van der Waals surface area contributed by atoms with Gasteiger partial charge in [0, 0.05) is 62.9 Å². The Bertz CT molecular complexity index is 1100. The molecule has 1 aromatic rings. The quantitative estimate of drug-likeness (QED) is 0.558. The first-order valence-corrected chi connectivity index (χ1v) is 13.2. The number of likely N-dealkylation sites (tertiary alicyclic amines) is 1. The van der Waals surface area contributed by atoms with Gasteiger partial charge in [0.1, 0.15) is 0 Å². The van der Waals surface area contributed by atoms with Gasteiger partial charge in [-0.05, 0) is 48.1 Å². The molecule has 2 amide bonds. The van der Waals surface area contributed by atoms with E-state index in [-0.39, 0.29) is 12.5 Å². The van der Waals surface area contributed by atoms with E-state index in [9.17, 15) is 22.8 Å². The van der Waals surface area contributed by atoms with Crippen molar-refractivity contribution in [2.75, 3.05) is 50.7 Å². The molecule has 37 heavy (non-hydrogen) atoms. The van der Waals surface area contributed by atoms with E-state index < -0.39 is 23.9 Å². The fourth-order valence-electron chi connectivity index (χ4n) is 5.53. The zero-order valence-corrected chi connectivity index (χ0v) is 21.9. The van der Waals surface area contributed by atoms with Crippen molar-refractivity contribution in [3.8, 4) is 0 Å². The predicted octanol–water partition coefficient (Wildman–Crippen LogP) is 4.43. The number of piperazine rings is 1. The van der Waals surface area contributed by atoms with E-state index in [4.69, 9.17) is 17.3 Å². The van der Waals surface area contributed by atoms with Crippen LogP contribution in [-0.4, -0.2) is 73.6 Å². The Morgan fingerprint density at radius 1 is 1.11 bits per heavy atom. The Hall–Kier alpha value is -2.52. The number of anilines is 1. The number of nitrogens with zero attached hydrogens (tertiary/aromatic N) is 3. The molecule has 0 aromatic heterocycles. The summed E-state index contributed by atoms with van der Waals surface area (Å²) in [5.74, 6) is -0.382. The molecule has 1 aromatic carbocycles. The highest BCUT2D eigenvalue weighted by Gasteiger charge is 2.42. The number of alkyl halides is 3. The molecule has 2 N–H and O–H groups in total. The average molecular weight is 539 g/mol. The molecule has 202 valence electrons. The molecule has 1 aliphatic carbocycles. The number of fused-ring (bicyclic) bond motifs is 1. The number of primary amides is 1. The standard InChI is InChI=1S/C27H34ClF3N4O2/c1-2-3-24(36)35-10-7-19-6-8-26(25(32)37,17-20(19)18-35)22-5-4-21(28)16-23(22)34-14-12-33(13-15-34)11-9-27(29,30)31/h4-6,16-17H,2-3,7-15,18H2,1H3,(H2,32,37). The monoisotopic (exact) mass is 538 g/mol. The van der Waals surface area contributed by atoms with Gasteiger partial charge in [0.2, 0.25) is 11.8 Å². The third-order valence-corrected chi connectivity index (χ3v) is 7.87. The van der Waals surface area contributed by atoms with Crippen molar-refractivity contribution >= 4 is 29.1 Å². The van der Waals surface area contributed by atoms with Crippen LogP contribution in [0.1, 0.15) is 44.6 Å². The van der Waals surface area contributed by atoms with Gasteiger partial charge < -0.3 is 15.5 Å². The third kappa shape index (κ3) is 6.14. The van der Waals surface area contributed by atoms with Crippen LogP contribution < -0.4 is 10.6 Å². The minimum Gasteiger partial charge on any atom is -0.369 e. The van der Waals surface area contributed by atoms with Crippen LogP contribution in [0.2, 0.25) is 5.02 Å². The van der Waals surface area contributed by atoms with Gasteiger partial charge in [-0.25, -0.2) is 0 Å². The van der Waals surface area contributed by atoms with Crippen molar-refractivity contribution in [2.24, 2.45) is 5.73 Å². The van der Waals surface area contributed by atoms with Crippen LogP contribution in [0.15, 0.2) is 41.5 Å². The molecule has 0 bridgehead atoms. The Morgan fingerprint density at radius 2 is 1.84 bits per heavy atom. The van der Waals surface area contributed by atoms with E-state index in [0.717, 1.165) is 35.2 Å². The summed E-state index contributed by atoms with van der Waals surface area (Å²) >= 11 is 6.37. The molecule has 2 fully saturated rings. The van der Waals surface area contributed by atoms with Crippen molar-refractivity contribution < 1.29 is 22.8 Å². The largest absolute Gasteiger partial charge is 0.390 e. The fourth-order valence-corrected chi connectivity index (χ4v) is 5.70. The smallest absolute Gasteiger partial charge is 0.369 e. The maximum Gasteiger partial charge on any atom is 0.390 e. The fraction of sp³-hybridized carbons (Fsp3) is 0.556. The van der Waals surface area contributed by atoms with Crippen LogP contribution >= 0.6 is 11.6 Å². The van der Waals surface area contributed by atoms with Crippen molar-refractivity contribution in [1.82, 2.24) is 9.80 Å². The lowest BCUT2D eigenvalue weighted by molar-refractivity contribution is -0.138. The summed E-state index contributed by atoms with van der Waals surface area (Å²) in [4.78, 5) is 31.4. The Labute approximate surface area is 220 Å². The van der Waals surface area contributed by atoms with E-state index in [1.54, 1.807) is 11.0 Å². The van der Waals surface area contributed by atoms with Crippen molar-refractivity contribution in [3.63, 3.8) is 0 Å². The number of carbonyl (C=O) groups is 2. The molecule has 6 nitrogen and oxygen atoms in total. The summed E-state index contributed by atoms with van der Waals surface area (Å²) in [6.07, 6.45) is 1.40. The maximum absolute atomic E-state index is 13.1. The molecule has 0 saturated carbocycles. The molecule has 2 saturated heterocycles. The molecule has 0 radical (unpaired) electrons. The molecule has 3 aliphatic rings. The van der Waals surface area contributed by atoms with Crippen molar-refractivity contribution in [3.05, 3.63) is 52.1 Å². The Kier molecular flexibility index (Phi) is 8.23. The minimum atomic E-state index is -4.18. The summed E-state index contributed by atoms with van der Waals surface area (Å²) in [5.41, 5.74) is 8.56. The Morgan fingerprint density at radius 3 is 2.49 bits per heavy atom. The van der Waals surface area contributed by atoms with Crippen LogP contribution in [0.25, 0.3) is 0 Å². The van der Waals surface area contributed by atoms with Gasteiger partial charge in [0.15, 0.2) is 0 Å². The number of benzene rings is 1. The lowest BCUT2D eigenvalue weighted by atomic mass is 9.70. The molecule has 1 unspecified atom stereocenters. The zero-order valence-electron chi connectivity index (χ0n) is 21.1. The lowest BCUT2D eigenvalue weighted by Gasteiger charge is -2.41. The van der Waals surface area contributed by atoms with E-state index >= 15 is 0 Å². The summed E-state index contributed by atoms with van der Waals surface area (Å²) in [5, 5.41) is 0.506. The van der Waals surface area contributed by atoms with E-state index in [2.05, 4.69) is 11.0 Å². The topological polar surface area (TPSA) is 69.9 Å². The number of halogens is 4. The Balaban J connectivity index is 1.61. The first-order valence-electron chi connectivity index (χ1n) is 12.9. The third-order valence-electron chi connectivity index (χ3n) is 7.64. The van der Waals surface area contributed by atoms with Crippen LogP contribution in [0.5, 0.6) is 0 Å². The molecule has 1 atom stereocenters. The number of carbonyl (C=O) groups excluding carboxylic acids is 2. The molecule has 2 aliphatic heterocycles. The summed E-state index contributed by atoms with van der Waals surface area (Å²) in [6, 6.07) is 5.38. The van der Waals surface area contributed by atoms with Crippen LogP contribution in [-0.2, 0) is 15.0 Å². The van der Waals surface area contributed by atoms with Crippen molar-refractivity contribution in [2.45, 2.75) is 50.6 Å². The predicted molar refractivity (Wildman–Crippen MR) is 139 cm³/mol. The second kappa shape index (κ2) is 11.1. The van der Waals surface area contributed by atoms with E-state index in [1.165, 1.54) is 0 Å². The molecule has 2 heterocycles. The number of hydrogen-bond acceptors (Lipinski definition) is 4. The summed E-state index contributed by atoms with van der Waals surface area (Å²) in [7, 11) is 0. The lowest BCUT2D eigenvalue weighted by Crippen LogP contribution is -2.49. The van der Waals surface area contributed by atoms with Gasteiger partial charge in [0.05, 0.1) is 11.8 Å². The number of hydrogen-bond donors (Lipinski definition) is 1. The SMILES string of the molecule is CCCC(=O)N1CCC2=CCC(C(N)=O)(c3ccc(Cl)cc3N3CCN(CCC(F)(F)F)CC3)C=C2C1. The highest BCUT2D eigenvalue weighted by molar-refractivity contribution is 6.31. The van der Waals surface area contributed by atoms with Crippen LogP contribution in [0.3, 0.4) is 0 Å². The molecule has 4 rings (SSSR count). The van der Waals surface area contributed by atoms with Gasteiger partial charge >= 0.3 is 6.18 Å². The first kappa shape index (κ1) is 27.5. The van der Waals surface area contributed by atoms with Gasteiger partial charge in [0.25, 0.3) is 0 Å². The maximum atomic E-state index is 13.1. The summed E-state index contributed by atoms with van der Waals surface area (Å²) < 4.78 is 38.0. The second-order valence-electron chi connectivity index (χ2n) is 10.1. The highest BCUT2D eigenvalue weighted by Crippen LogP contribution is 2.44. The van der Waals surface area contributed by atoms with Crippen molar-refractivity contribution in [1.29, 1.82) is 0 Å². The zero-order chi connectivity index (χ0) is 26.8. The minimum absolute atomic E-state index is 0.0299. The van der Waals surface area contributed by atoms with E-state index in [1.807, 2.05) is 30.0 Å². The normalized spacial score (nSPS) is 22.8. The molecule has 10 heteroatoms. The van der Waals surface area contributed by atoms with Gasteiger partial charge in [-0.1, -0.05) is 36.7 Å². The first-order chi connectivity index (χ1) is 17.5. The highest BCUT2D eigenvalue weighted by atomic mass is 35.5. The molecular weight excluding hydrogens is 505 g/mol. The summed E-state index contributed by atoms with van der Waals surface area (Å²) in [6.45, 7) is 5.03. The van der Waals surface area contributed by atoms with Crippen LogP contribution in [0.4, 0.5) is 18.9 Å². The molecular formula is C27H34ClF3N4O2. The number of rotatable bonds is 7. The average Bonchev–Trinajstić information content (AvgIpc) is 2.86. The van der Waals surface area contributed by atoms with Gasteiger partial charge in [-0.15, -0.1) is 0 Å². The van der Waals surface area contributed by atoms with E-state index in [0.29, 0.717) is 57.1 Å².